The molecule has 1 N–H and O–H groups in total. The molecule has 0 atom stereocenters. The Bertz CT molecular complexity index is 1780. The third-order valence-corrected chi connectivity index (χ3v) is 6.13. The van der Waals surface area contributed by atoms with Crippen LogP contribution in [0.3, 0.4) is 0 Å². The van der Waals surface area contributed by atoms with Gasteiger partial charge in [-0.3, -0.25) is 4.79 Å². The number of anilines is 1. The maximum atomic E-state index is 13.0. The van der Waals surface area contributed by atoms with Crippen molar-refractivity contribution in [2.75, 3.05) is 5.32 Å². The molecule has 0 radical (unpaired) electrons. The predicted octanol–water partition coefficient (Wildman–Crippen LogP) is 6.83. The molecule has 0 saturated heterocycles. The van der Waals surface area contributed by atoms with Crippen molar-refractivity contribution >= 4 is 33.7 Å². The summed E-state index contributed by atoms with van der Waals surface area (Å²) < 4.78 is 11.3. The fourth-order valence-electron chi connectivity index (χ4n) is 4.14. The van der Waals surface area contributed by atoms with E-state index < -0.39 is 5.63 Å². The third kappa shape index (κ3) is 3.95. The molecule has 6 rings (SSSR count). The standard InChI is InChI=1S/C30H20N2O4/c1-18-10-11-22(29-32-24-7-3-5-9-27(24)35-29)17-25(18)31-28(33)20-14-12-19(13-15-20)23-16-21-6-2-4-8-26(21)36-30(23)34/h2-17H,1H3,(H,31,33). The van der Waals surface area contributed by atoms with Gasteiger partial charge in [-0.1, -0.05) is 48.5 Å². The van der Waals surface area contributed by atoms with Crippen molar-refractivity contribution in [3.05, 3.63) is 119 Å². The fraction of sp³-hybridized carbons (Fsp3) is 0.0333. The quantitative estimate of drug-likeness (QED) is 0.284. The fourth-order valence-corrected chi connectivity index (χ4v) is 4.14. The lowest BCUT2D eigenvalue weighted by atomic mass is 10.0. The van der Waals surface area contributed by atoms with E-state index in [9.17, 15) is 9.59 Å². The van der Waals surface area contributed by atoms with Crippen LogP contribution in [0.15, 0.2) is 111 Å². The van der Waals surface area contributed by atoms with Gasteiger partial charge in [0.15, 0.2) is 5.58 Å². The average molecular weight is 473 g/mol. The number of fused-ring (bicyclic) bond motifs is 2. The van der Waals surface area contributed by atoms with Gasteiger partial charge in [-0.15, -0.1) is 0 Å². The molecule has 4 aromatic carbocycles. The maximum absolute atomic E-state index is 13.0. The molecular formula is C30H20N2O4. The zero-order chi connectivity index (χ0) is 24.6. The number of nitrogens with zero attached hydrogens (tertiary/aromatic N) is 1. The highest BCUT2D eigenvalue weighted by atomic mass is 16.4. The largest absolute Gasteiger partial charge is 0.436 e. The van der Waals surface area contributed by atoms with Gasteiger partial charge in [-0.05, 0) is 66.6 Å². The van der Waals surface area contributed by atoms with Crippen LogP contribution >= 0.6 is 0 Å². The van der Waals surface area contributed by atoms with Gasteiger partial charge in [0.2, 0.25) is 5.89 Å². The van der Waals surface area contributed by atoms with Crippen LogP contribution in [0, 0.1) is 6.92 Å². The molecule has 6 nitrogen and oxygen atoms in total. The first kappa shape index (κ1) is 21.6. The van der Waals surface area contributed by atoms with E-state index in [1.54, 1.807) is 36.4 Å². The number of aromatic nitrogens is 1. The van der Waals surface area contributed by atoms with E-state index in [2.05, 4.69) is 10.3 Å². The normalized spacial score (nSPS) is 11.1. The van der Waals surface area contributed by atoms with Crippen molar-refractivity contribution in [1.29, 1.82) is 0 Å². The van der Waals surface area contributed by atoms with E-state index in [0.717, 1.165) is 22.0 Å². The van der Waals surface area contributed by atoms with Crippen LogP contribution in [0.25, 0.3) is 44.7 Å². The number of oxazole rings is 1. The molecule has 2 aromatic heterocycles. The third-order valence-electron chi connectivity index (χ3n) is 6.13. The van der Waals surface area contributed by atoms with Gasteiger partial charge in [-0.25, -0.2) is 9.78 Å². The summed E-state index contributed by atoms with van der Waals surface area (Å²) >= 11 is 0. The van der Waals surface area contributed by atoms with Gasteiger partial charge < -0.3 is 14.2 Å². The van der Waals surface area contributed by atoms with Gasteiger partial charge in [0, 0.05) is 22.2 Å². The van der Waals surface area contributed by atoms with Crippen molar-refractivity contribution in [1.82, 2.24) is 4.98 Å². The summed E-state index contributed by atoms with van der Waals surface area (Å²) in [5.41, 5.74) is 5.55. The Balaban J connectivity index is 1.26. The molecule has 6 aromatic rings. The Hall–Kier alpha value is -4.97. The summed E-state index contributed by atoms with van der Waals surface area (Å²) in [7, 11) is 0. The highest BCUT2D eigenvalue weighted by molar-refractivity contribution is 6.05. The van der Waals surface area contributed by atoms with Crippen LogP contribution in [0.1, 0.15) is 15.9 Å². The first-order chi connectivity index (χ1) is 17.5. The van der Waals surface area contributed by atoms with Crippen LogP contribution in [-0.4, -0.2) is 10.9 Å². The second-order valence-electron chi connectivity index (χ2n) is 8.53. The lowest BCUT2D eigenvalue weighted by Gasteiger charge is -2.10. The summed E-state index contributed by atoms with van der Waals surface area (Å²) in [4.78, 5) is 30.0. The van der Waals surface area contributed by atoms with Crippen LogP contribution < -0.4 is 10.9 Å². The van der Waals surface area contributed by atoms with Crippen molar-refractivity contribution in [3.8, 4) is 22.6 Å². The number of carbonyl (C=O) groups is 1. The second kappa shape index (κ2) is 8.67. The lowest BCUT2D eigenvalue weighted by Crippen LogP contribution is -2.13. The van der Waals surface area contributed by atoms with Crippen LogP contribution in [0.4, 0.5) is 5.69 Å². The minimum atomic E-state index is -0.419. The minimum absolute atomic E-state index is 0.259. The topological polar surface area (TPSA) is 85.3 Å². The monoisotopic (exact) mass is 472 g/mol. The Kier molecular flexibility index (Phi) is 5.19. The average Bonchev–Trinajstić information content (AvgIpc) is 3.34. The number of amides is 1. The maximum Gasteiger partial charge on any atom is 0.344 e. The number of hydrogen-bond acceptors (Lipinski definition) is 5. The van der Waals surface area contributed by atoms with Crippen molar-refractivity contribution < 1.29 is 13.6 Å². The molecular weight excluding hydrogens is 452 g/mol. The number of hydrogen-bond donors (Lipinski definition) is 1. The summed E-state index contributed by atoms with van der Waals surface area (Å²) in [6.07, 6.45) is 0. The van der Waals surface area contributed by atoms with Crippen molar-refractivity contribution in [2.24, 2.45) is 0 Å². The van der Waals surface area contributed by atoms with Gasteiger partial charge in [0.1, 0.15) is 11.1 Å². The Morgan fingerprint density at radius 3 is 2.31 bits per heavy atom. The molecule has 0 bridgehead atoms. The highest BCUT2D eigenvalue weighted by Gasteiger charge is 2.14. The smallest absolute Gasteiger partial charge is 0.344 e. The molecule has 0 fully saturated rings. The van der Waals surface area contributed by atoms with E-state index in [0.29, 0.717) is 39.4 Å². The van der Waals surface area contributed by atoms with Crippen molar-refractivity contribution in [2.45, 2.75) is 6.92 Å². The summed E-state index contributed by atoms with van der Waals surface area (Å²) in [5, 5.41) is 3.81. The van der Waals surface area contributed by atoms with E-state index in [1.165, 1.54) is 0 Å². The van der Waals surface area contributed by atoms with E-state index in [-0.39, 0.29) is 5.91 Å². The number of aryl methyl sites for hydroxylation is 1. The molecule has 0 aliphatic carbocycles. The molecule has 174 valence electrons. The second-order valence-corrected chi connectivity index (χ2v) is 8.53. The van der Waals surface area contributed by atoms with Crippen molar-refractivity contribution in [3.63, 3.8) is 0 Å². The first-order valence-electron chi connectivity index (χ1n) is 11.5. The SMILES string of the molecule is Cc1ccc(-c2nc3ccccc3o2)cc1NC(=O)c1ccc(-c2cc3ccccc3oc2=O)cc1. The number of nitrogens with one attached hydrogen (secondary N) is 1. The van der Waals surface area contributed by atoms with Crippen LogP contribution in [0.2, 0.25) is 0 Å². The molecule has 1 amide bonds. The summed E-state index contributed by atoms with van der Waals surface area (Å²) in [6.45, 7) is 1.92. The van der Waals surface area contributed by atoms with Gasteiger partial charge in [-0.2, -0.15) is 0 Å². The molecule has 6 heteroatoms. The lowest BCUT2D eigenvalue weighted by molar-refractivity contribution is 0.102. The Labute approximate surface area is 205 Å². The number of carbonyl (C=O) groups excluding carboxylic acids is 1. The molecule has 2 heterocycles. The molecule has 36 heavy (non-hydrogen) atoms. The van der Waals surface area contributed by atoms with Gasteiger partial charge in [0.25, 0.3) is 5.91 Å². The number of benzene rings is 4. The first-order valence-corrected chi connectivity index (χ1v) is 11.5. The van der Waals surface area contributed by atoms with Gasteiger partial charge in [0.05, 0.1) is 5.56 Å². The van der Waals surface area contributed by atoms with Crippen LogP contribution in [0.5, 0.6) is 0 Å². The molecule has 0 unspecified atom stereocenters. The summed E-state index contributed by atoms with van der Waals surface area (Å²) in [6, 6.07) is 29.3. The Morgan fingerprint density at radius 1 is 0.778 bits per heavy atom. The predicted molar refractivity (Wildman–Crippen MR) is 140 cm³/mol. The zero-order valence-electron chi connectivity index (χ0n) is 19.3. The van der Waals surface area contributed by atoms with Crippen LogP contribution in [-0.2, 0) is 0 Å². The highest BCUT2D eigenvalue weighted by Crippen LogP contribution is 2.28. The number of para-hydroxylation sites is 3. The summed E-state index contributed by atoms with van der Waals surface area (Å²) in [5.74, 6) is 0.232. The molecule has 0 aliphatic heterocycles. The molecule has 0 saturated carbocycles. The van der Waals surface area contributed by atoms with E-state index in [1.807, 2.05) is 67.6 Å². The van der Waals surface area contributed by atoms with E-state index >= 15 is 0 Å². The van der Waals surface area contributed by atoms with Gasteiger partial charge >= 0.3 is 5.63 Å². The molecule has 0 spiro atoms. The molecule has 0 aliphatic rings. The van der Waals surface area contributed by atoms with E-state index in [4.69, 9.17) is 8.83 Å². The number of rotatable bonds is 4. The zero-order valence-corrected chi connectivity index (χ0v) is 19.3. The minimum Gasteiger partial charge on any atom is -0.436 e. The Morgan fingerprint density at radius 2 is 1.50 bits per heavy atom.